The second kappa shape index (κ2) is 13.3. The van der Waals surface area contributed by atoms with Crippen molar-refractivity contribution in [3.05, 3.63) is 69.8 Å². The van der Waals surface area contributed by atoms with Gasteiger partial charge in [-0.2, -0.15) is 0 Å². The van der Waals surface area contributed by atoms with Crippen molar-refractivity contribution in [2.24, 2.45) is 0 Å². The molecule has 0 spiro atoms. The maximum Gasteiger partial charge on any atom is 0.247 e. The Morgan fingerprint density at radius 3 is 2.54 bits per heavy atom. The average Bonchev–Trinajstić information content (AvgIpc) is 3.35. The molecule has 4 unspecified atom stereocenters. The number of nitrogens with zero attached hydrogens (tertiary/aromatic N) is 1. The summed E-state index contributed by atoms with van der Waals surface area (Å²) in [4.78, 5) is 51.7. The molecule has 2 aliphatic rings. The van der Waals surface area contributed by atoms with E-state index >= 15 is 0 Å². The van der Waals surface area contributed by atoms with Gasteiger partial charge in [0.15, 0.2) is 11.5 Å². The van der Waals surface area contributed by atoms with E-state index in [1.165, 1.54) is 25.0 Å². The Kier molecular flexibility index (Phi) is 9.80. The Hall–Kier alpha value is -3.73. The molecule has 0 bridgehead atoms. The first-order valence-electron chi connectivity index (χ1n) is 13.3. The van der Waals surface area contributed by atoms with Gasteiger partial charge < -0.3 is 34.7 Å². The molecular formula is C30H33ClN2O8. The Morgan fingerprint density at radius 2 is 1.90 bits per heavy atom. The fraction of sp³-hybridized carbons (Fsp3) is 0.400. The molecule has 1 aliphatic carbocycles. The molecule has 218 valence electrons. The molecule has 1 aliphatic heterocycles. The fourth-order valence-electron chi connectivity index (χ4n) is 5.34. The summed E-state index contributed by atoms with van der Waals surface area (Å²) in [5, 5.41) is 24.2. The second-order valence-corrected chi connectivity index (χ2v) is 10.5. The number of fused-ring (bicyclic) bond motifs is 3. The van der Waals surface area contributed by atoms with Crippen molar-refractivity contribution in [1.82, 2.24) is 10.2 Å². The molecule has 2 aromatic rings. The van der Waals surface area contributed by atoms with Crippen LogP contribution in [0.4, 0.5) is 0 Å². The smallest absolute Gasteiger partial charge is 0.247 e. The van der Waals surface area contributed by atoms with E-state index in [4.69, 9.17) is 21.1 Å². The largest absolute Gasteiger partial charge is 0.493 e. The van der Waals surface area contributed by atoms with Gasteiger partial charge in [0.25, 0.3) is 0 Å². The van der Waals surface area contributed by atoms with Gasteiger partial charge in [0.05, 0.1) is 25.7 Å². The number of aldehydes is 1. The van der Waals surface area contributed by atoms with Gasteiger partial charge >= 0.3 is 0 Å². The van der Waals surface area contributed by atoms with Gasteiger partial charge in [-0.15, -0.1) is 0 Å². The molecule has 0 saturated heterocycles. The van der Waals surface area contributed by atoms with Crippen molar-refractivity contribution in [3.8, 4) is 11.5 Å². The zero-order valence-corrected chi connectivity index (χ0v) is 23.6. The third-order valence-corrected chi connectivity index (χ3v) is 7.53. The molecule has 0 saturated carbocycles. The van der Waals surface area contributed by atoms with Crippen LogP contribution < -0.4 is 14.8 Å². The summed E-state index contributed by atoms with van der Waals surface area (Å²) in [5.74, 6) is -1.05. The standard InChI is InChI=1S/C30H33ClN2O8/c1-17(36)4-3-5-25(37)33(15-18-6-8-20(31)9-7-18)23-14-22(30(39)32-10-11-34)26-21-12-19(16-35)13-24(40-2)28(21)41-29(26)27(23)38/h6-9,12-14,16,23,26-27,29,34,38H,3-5,10-11,15H2,1-2H3,(H,32,39). The lowest BCUT2D eigenvalue weighted by Gasteiger charge is -2.41. The topological polar surface area (TPSA) is 142 Å². The summed E-state index contributed by atoms with van der Waals surface area (Å²) in [5.41, 5.74) is 1.77. The number of methoxy groups -OCH3 is 1. The number of ketones is 1. The van der Waals surface area contributed by atoms with Crippen LogP contribution in [0.15, 0.2) is 48.0 Å². The summed E-state index contributed by atoms with van der Waals surface area (Å²) in [6.45, 7) is 1.26. The molecule has 2 amide bonds. The molecular weight excluding hydrogens is 552 g/mol. The highest BCUT2D eigenvalue weighted by atomic mass is 35.5. The molecule has 0 fully saturated rings. The maximum absolute atomic E-state index is 13.6. The van der Waals surface area contributed by atoms with Gasteiger partial charge in [-0.05, 0) is 49.2 Å². The van der Waals surface area contributed by atoms with Gasteiger partial charge in [-0.25, -0.2) is 0 Å². The fourth-order valence-corrected chi connectivity index (χ4v) is 5.46. The predicted molar refractivity (Wildman–Crippen MR) is 150 cm³/mol. The van der Waals surface area contributed by atoms with E-state index in [-0.39, 0.29) is 55.6 Å². The minimum atomic E-state index is -1.27. The quantitative estimate of drug-likeness (QED) is 0.323. The average molecular weight is 585 g/mol. The summed E-state index contributed by atoms with van der Waals surface area (Å²) < 4.78 is 11.7. The predicted octanol–water partition coefficient (Wildman–Crippen LogP) is 2.57. The van der Waals surface area contributed by atoms with Crippen LogP contribution in [0.3, 0.4) is 0 Å². The van der Waals surface area contributed by atoms with Crippen LogP contribution in [0.1, 0.15) is 53.6 Å². The van der Waals surface area contributed by atoms with Crippen LogP contribution in [-0.4, -0.2) is 77.5 Å². The monoisotopic (exact) mass is 584 g/mol. The van der Waals surface area contributed by atoms with E-state index in [1.807, 2.05) is 0 Å². The highest BCUT2D eigenvalue weighted by Crippen LogP contribution is 2.51. The van der Waals surface area contributed by atoms with Gasteiger partial charge in [0.1, 0.15) is 24.3 Å². The van der Waals surface area contributed by atoms with Crippen LogP contribution in [-0.2, 0) is 20.9 Å². The van der Waals surface area contributed by atoms with Crippen molar-refractivity contribution >= 4 is 35.5 Å². The van der Waals surface area contributed by atoms with E-state index in [0.717, 1.165) is 5.56 Å². The summed E-state index contributed by atoms with van der Waals surface area (Å²) in [7, 11) is 1.42. The number of Topliss-reactive ketones (excluding diaryl/α,β-unsaturated/α-hetero) is 1. The number of amides is 2. The lowest BCUT2D eigenvalue weighted by atomic mass is 9.77. The van der Waals surface area contributed by atoms with Gasteiger partial charge in [-0.3, -0.25) is 14.4 Å². The van der Waals surface area contributed by atoms with Crippen LogP contribution in [0.5, 0.6) is 11.5 Å². The van der Waals surface area contributed by atoms with Crippen LogP contribution in [0.25, 0.3) is 0 Å². The summed E-state index contributed by atoms with van der Waals surface area (Å²) >= 11 is 6.06. The third kappa shape index (κ3) is 6.61. The number of benzene rings is 2. The SMILES string of the molecule is COc1cc(C=O)cc2c1OC1C2C(C(=O)NCCO)=CC(N(Cc2ccc(Cl)cc2)C(=O)CCCC(C)=O)C1O. The number of hydrogen-bond acceptors (Lipinski definition) is 8. The van der Waals surface area contributed by atoms with Crippen LogP contribution >= 0.6 is 11.6 Å². The number of nitrogens with one attached hydrogen (secondary N) is 1. The number of aliphatic hydroxyl groups excluding tert-OH is 2. The normalized spacial score (nSPS) is 20.7. The summed E-state index contributed by atoms with van der Waals surface area (Å²) in [6.07, 6.45) is 0.583. The van der Waals surface area contributed by atoms with Gasteiger partial charge in [0, 0.05) is 47.7 Å². The van der Waals surface area contributed by atoms with E-state index in [9.17, 15) is 29.4 Å². The molecule has 2 aromatic carbocycles. The van der Waals surface area contributed by atoms with E-state index in [0.29, 0.717) is 34.6 Å². The maximum atomic E-state index is 13.6. The van der Waals surface area contributed by atoms with E-state index in [1.54, 1.807) is 36.4 Å². The van der Waals surface area contributed by atoms with Gasteiger partial charge in [-0.1, -0.05) is 23.7 Å². The number of carbonyl (C=O) groups excluding carboxylic acids is 4. The number of hydrogen-bond donors (Lipinski definition) is 3. The van der Waals surface area contributed by atoms with Crippen molar-refractivity contribution < 1.29 is 38.9 Å². The second-order valence-electron chi connectivity index (χ2n) is 10.1. The minimum absolute atomic E-state index is 0.00927. The number of halogens is 1. The van der Waals surface area contributed by atoms with E-state index < -0.39 is 30.1 Å². The molecule has 3 N–H and O–H groups in total. The number of ether oxygens (including phenoxy) is 2. The highest BCUT2D eigenvalue weighted by molar-refractivity contribution is 6.30. The molecule has 11 heteroatoms. The van der Waals surface area contributed by atoms with Crippen molar-refractivity contribution in [3.63, 3.8) is 0 Å². The lowest BCUT2D eigenvalue weighted by molar-refractivity contribution is -0.138. The third-order valence-electron chi connectivity index (χ3n) is 7.28. The Morgan fingerprint density at radius 1 is 1.17 bits per heavy atom. The van der Waals surface area contributed by atoms with Gasteiger partial charge in [0.2, 0.25) is 11.8 Å². The molecule has 4 rings (SSSR count). The molecule has 10 nitrogen and oxygen atoms in total. The molecule has 41 heavy (non-hydrogen) atoms. The highest BCUT2D eigenvalue weighted by Gasteiger charge is 2.51. The van der Waals surface area contributed by atoms with E-state index in [2.05, 4.69) is 5.32 Å². The van der Waals surface area contributed by atoms with Crippen LogP contribution in [0.2, 0.25) is 5.02 Å². The molecule has 0 aromatic heterocycles. The first-order chi connectivity index (χ1) is 19.7. The Balaban J connectivity index is 1.79. The first-order valence-corrected chi connectivity index (χ1v) is 13.7. The molecule has 1 heterocycles. The van der Waals surface area contributed by atoms with Crippen molar-refractivity contribution in [1.29, 1.82) is 0 Å². The molecule has 4 atom stereocenters. The first kappa shape index (κ1) is 30.2. The molecule has 0 radical (unpaired) electrons. The van der Waals surface area contributed by atoms with Crippen molar-refractivity contribution in [2.75, 3.05) is 20.3 Å². The number of aliphatic hydroxyl groups is 2. The zero-order valence-electron chi connectivity index (χ0n) is 22.8. The Bertz CT molecular complexity index is 1340. The van der Waals surface area contributed by atoms with Crippen LogP contribution in [0, 0.1) is 0 Å². The Labute approximate surface area is 242 Å². The lowest BCUT2D eigenvalue weighted by Crippen LogP contribution is -2.55. The number of rotatable bonds is 12. The van der Waals surface area contributed by atoms with Crippen molar-refractivity contribution in [2.45, 2.75) is 56.9 Å². The summed E-state index contributed by atoms with van der Waals surface area (Å²) in [6, 6.07) is 9.05. The number of carbonyl (C=O) groups is 4. The zero-order chi connectivity index (χ0) is 29.7. The minimum Gasteiger partial charge on any atom is -0.493 e.